The van der Waals surface area contributed by atoms with E-state index in [9.17, 15) is 0 Å². The molecule has 2 rings (SSSR count). The number of nitrogens with one attached hydrogen (secondary N) is 1. The second-order valence-corrected chi connectivity index (χ2v) is 5.58. The van der Waals surface area contributed by atoms with E-state index >= 15 is 0 Å². The molecule has 5 nitrogen and oxygen atoms in total. The smallest absolute Gasteiger partial charge is 0.138 e. The van der Waals surface area contributed by atoms with E-state index in [0.717, 1.165) is 37.6 Å². The Bertz CT molecular complexity index is 427. The zero-order valence-corrected chi connectivity index (χ0v) is 12.4. The van der Waals surface area contributed by atoms with Crippen LogP contribution in [-0.2, 0) is 4.74 Å². The molecule has 2 heterocycles. The maximum atomic E-state index is 6.14. The molecule has 1 aliphatic heterocycles. The molecule has 106 valence electrons. The van der Waals surface area contributed by atoms with Crippen LogP contribution >= 0.6 is 11.6 Å². The molecule has 0 spiro atoms. The van der Waals surface area contributed by atoms with Crippen LogP contribution in [0.15, 0.2) is 6.33 Å². The predicted molar refractivity (Wildman–Crippen MR) is 76.9 cm³/mol. The summed E-state index contributed by atoms with van der Waals surface area (Å²) in [6, 6.07) is 0. The van der Waals surface area contributed by atoms with Gasteiger partial charge in [-0.3, -0.25) is 0 Å². The first-order valence-electron chi connectivity index (χ1n) is 6.62. The Morgan fingerprint density at radius 1 is 1.53 bits per heavy atom. The summed E-state index contributed by atoms with van der Waals surface area (Å²) in [5, 5.41) is 3.86. The number of nitrogens with zero attached hydrogens (tertiary/aromatic N) is 3. The van der Waals surface area contributed by atoms with Crippen LogP contribution in [0.25, 0.3) is 0 Å². The molecule has 0 aliphatic carbocycles. The summed E-state index contributed by atoms with van der Waals surface area (Å²) in [4.78, 5) is 10.6. The molecule has 0 radical (unpaired) electrons. The highest BCUT2D eigenvalue weighted by Gasteiger charge is 2.19. The van der Waals surface area contributed by atoms with Crippen LogP contribution in [0.2, 0.25) is 5.15 Å². The molecule has 6 heteroatoms. The van der Waals surface area contributed by atoms with E-state index in [1.54, 1.807) is 0 Å². The van der Waals surface area contributed by atoms with E-state index in [4.69, 9.17) is 16.3 Å². The molecule has 1 aromatic rings. The number of anilines is 1. The first-order valence-corrected chi connectivity index (χ1v) is 7.00. The van der Waals surface area contributed by atoms with Crippen molar-refractivity contribution < 1.29 is 4.74 Å². The van der Waals surface area contributed by atoms with Crippen molar-refractivity contribution in [3.05, 3.63) is 17.0 Å². The molecular weight excluding hydrogens is 264 g/mol. The lowest BCUT2D eigenvalue weighted by Gasteiger charge is -2.30. The monoisotopic (exact) mass is 284 g/mol. The van der Waals surface area contributed by atoms with Crippen LogP contribution in [0.1, 0.15) is 25.3 Å². The van der Waals surface area contributed by atoms with Gasteiger partial charge in [0.2, 0.25) is 0 Å². The Hall–Kier alpha value is -0.910. The minimum atomic E-state index is 0.188. The van der Waals surface area contributed by atoms with Crippen LogP contribution in [0.5, 0.6) is 0 Å². The van der Waals surface area contributed by atoms with Gasteiger partial charge in [-0.05, 0) is 13.0 Å². The molecule has 1 aromatic heterocycles. The average molecular weight is 285 g/mol. The van der Waals surface area contributed by atoms with Crippen LogP contribution in [0, 0.1) is 0 Å². The Morgan fingerprint density at radius 3 is 3.00 bits per heavy atom. The quantitative estimate of drug-likeness (QED) is 0.857. The first-order chi connectivity index (χ1) is 9.08. The molecule has 1 saturated heterocycles. The Morgan fingerprint density at radius 2 is 2.32 bits per heavy atom. The summed E-state index contributed by atoms with van der Waals surface area (Å²) in [6.07, 6.45) is 1.68. The van der Waals surface area contributed by atoms with Crippen LogP contribution < -0.4 is 5.32 Å². The maximum Gasteiger partial charge on any atom is 0.138 e. The third-order valence-electron chi connectivity index (χ3n) is 3.25. The van der Waals surface area contributed by atoms with Crippen molar-refractivity contribution in [2.45, 2.75) is 25.9 Å². The fourth-order valence-corrected chi connectivity index (χ4v) is 2.58. The lowest BCUT2D eigenvalue weighted by molar-refractivity contribution is -0.0117. The molecule has 0 amide bonds. The van der Waals surface area contributed by atoms with Gasteiger partial charge < -0.3 is 15.0 Å². The third kappa shape index (κ3) is 3.78. The number of aromatic nitrogens is 2. The Labute approximate surface area is 119 Å². The van der Waals surface area contributed by atoms with Gasteiger partial charge in [-0.25, -0.2) is 9.97 Å². The summed E-state index contributed by atoms with van der Waals surface area (Å²) in [5.41, 5.74) is 0.966. The van der Waals surface area contributed by atoms with Crippen molar-refractivity contribution in [2.24, 2.45) is 0 Å². The summed E-state index contributed by atoms with van der Waals surface area (Å²) in [6.45, 7) is 7.61. The van der Waals surface area contributed by atoms with Crippen molar-refractivity contribution >= 4 is 17.4 Å². The summed E-state index contributed by atoms with van der Waals surface area (Å²) < 4.78 is 5.72. The molecule has 0 saturated carbocycles. The maximum absolute atomic E-state index is 6.14. The lowest BCUT2D eigenvalue weighted by atomic mass is 10.1. The summed E-state index contributed by atoms with van der Waals surface area (Å²) >= 11 is 6.14. The minimum absolute atomic E-state index is 0.188. The zero-order valence-electron chi connectivity index (χ0n) is 11.7. The van der Waals surface area contributed by atoms with E-state index in [-0.39, 0.29) is 12.0 Å². The number of halogens is 1. The third-order valence-corrected chi connectivity index (χ3v) is 3.55. The second kappa shape index (κ2) is 6.50. The highest BCUT2D eigenvalue weighted by atomic mass is 35.5. The van der Waals surface area contributed by atoms with E-state index in [0.29, 0.717) is 5.15 Å². The molecule has 1 fully saturated rings. The van der Waals surface area contributed by atoms with E-state index in [1.807, 2.05) is 0 Å². The van der Waals surface area contributed by atoms with Gasteiger partial charge in [-0.2, -0.15) is 0 Å². The van der Waals surface area contributed by atoms with Gasteiger partial charge in [-0.1, -0.05) is 25.4 Å². The van der Waals surface area contributed by atoms with E-state index < -0.39 is 0 Å². The van der Waals surface area contributed by atoms with E-state index in [1.165, 1.54) is 6.33 Å². The van der Waals surface area contributed by atoms with Crippen LogP contribution in [0.3, 0.4) is 0 Å². The van der Waals surface area contributed by atoms with E-state index in [2.05, 4.69) is 41.1 Å². The van der Waals surface area contributed by atoms with Crippen molar-refractivity contribution in [3.8, 4) is 0 Å². The normalized spacial score (nSPS) is 20.8. The lowest BCUT2D eigenvalue weighted by Crippen LogP contribution is -2.43. The highest BCUT2D eigenvalue weighted by molar-refractivity contribution is 6.30. The standard InChI is InChI=1S/C13H21ClN4O/c1-9(2)11-12(14)16-8-17-13(11)15-6-10-7-18(3)4-5-19-10/h8-10H,4-7H2,1-3H3,(H,15,16,17). The first kappa shape index (κ1) is 14.5. The summed E-state index contributed by atoms with van der Waals surface area (Å²) in [7, 11) is 2.11. The largest absolute Gasteiger partial charge is 0.374 e. The van der Waals surface area contributed by atoms with Crippen molar-refractivity contribution in [3.63, 3.8) is 0 Å². The van der Waals surface area contributed by atoms with Crippen molar-refractivity contribution in [1.29, 1.82) is 0 Å². The Balaban J connectivity index is 2.01. The topological polar surface area (TPSA) is 50.3 Å². The van der Waals surface area contributed by atoms with Gasteiger partial charge >= 0.3 is 0 Å². The molecule has 0 aromatic carbocycles. The van der Waals surface area contributed by atoms with Gasteiger partial charge in [0.05, 0.1) is 12.7 Å². The number of morpholine rings is 1. The predicted octanol–water partition coefficient (Wildman–Crippen LogP) is 2.00. The zero-order chi connectivity index (χ0) is 13.8. The van der Waals surface area contributed by atoms with Crippen LogP contribution in [0.4, 0.5) is 5.82 Å². The fraction of sp³-hybridized carbons (Fsp3) is 0.692. The summed E-state index contributed by atoms with van der Waals surface area (Å²) in [5.74, 6) is 1.10. The number of hydrogen-bond acceptors (Lipinski definition) is 5. The second-order valence-electron chi connectivity index (χ2n) is 5.22. The van der Waals surface area contributed by atoms with Crippen LogP contribution in [-0.4, -0.2) is 54.3 Å². The van der Waals surface area contributed by atoms with Gasteiger partial charge in [0.15, 0.2) is 0 Å². The van der Waals surface area contributed by atoms with Gasteiger partial charge in [0, 0.05) is 25.2 Å². The number of hydrogen-bond donors (Lipinski definition) is 1. The van der Waals surface area contributed by atoms with Gasteiger partial charge in [-0.15, -0.1) is 0 Å². The fourth-order valence-electron chi connectivity index (χ4n) is 2.23. The molecule has 19 heavy (non-hydrogen) atoms. The SMILES string of the molecule is CC(C)c1c(Cl)ncnc1NCC1CN(C)CCO1. The van der Waals surface area contributed by atoms with Crippen molar-refractivity contribution in [2.75, 3.05) is 38.6 Å². The minimum Gasteiger partial charge on any atom is -0.374 e. The molecule has 1 atom stereocenters. The number of ether oxygens (including phenoxy) is 1. The van der Waals surface area contributed by atoms with Crippen molar-refractivity contribution in [1.82, 2.24) is 14.9 Å². The molecule has 1 unspecified atom stereocenters. The molecule has 0 bridgehead atoms. The Kier molecular flexibility index (Phi) is 4.96. The van der Waals surface area contributed by atoms with Gasteiger partial charge in [0.25, 0.3) is 0 Å². The molecule has 1 aliphatic rings. The average Bonchev–Trinajstić information content (AvgIpc) is 2.36. The molecule has 1 N–H and O–H groups in total. The number of likely N-dealkylation sites (N-methyl/N-ethyl adjacent to an activating group) is 1. The van der Waals surface area contributed by atoms with Gasteiger partial charge in [0.1, 0.15) is 17.3 Å². The highest BCUT2D eigenvalue weighted by Crippen LogP contribution is 2.27. The number of rotatable bonds is 4. The molecular formula is C13H21ClN4O.